The van der Waals surface area contributed by atoms with E-state index in [4.69, 9.17) is 0 Å². The van der Waals surface area contributed by atoms with Crippen LogP contribution < -0.4 is 0 Å². The summed E-state index contributed by atoms with van der Waals surface area (Å²) in [6.07, 6.45) is 4.85. The highest BCUT2D eigenvalue weighted by Gasteiger charge is 2.19. The average Bonchev–Trinajstić information content (AvgIpc) is 2.99. The third-order valence-electron chi connectivity index (χ3n) is 3.27. The van der Waals surface area contributed by atoms with Crippen molar-refractivity contribution in [2.75, 3.05) is 0 Å². The number of benzene rings is 1. The largest absolute Gasteiger partial charge is 0.268 e. The predicted molar refractivity (Wildman–Crippen MR) is 81.4 cm³/mol. The molecule has 0 spiro atoms. The summed E-state index contributed by atoms with van der Waals surface area (Å²) < 4.78 is 26.8. The first-order valence-electron chi connectivity index (χ1n) is 6.49. The Morgan fingerprint density at radius 3 is 2.29 bits per heavy atom. The number of hydrogen-bond acceptors (Lipinski definition) is 3. The number of rotatable bonds is 3. The fourth-order valence-corrected chi connectivity index (χ4v) is 3.51. The molecule has 1 aromatic carbocycles. The smallest absolute Gasteiger partial charge is 0.265 e. The van der Waals surface area contributed by atoms with E-state index in [2.05, 4.69) is 4.98 Å². The molecular weight excluding hydrogens is 284 g/mol. The van der Waals surface area contributed by atoms with E-state index in [9.17, 15) is 8.42 Å². The summed E-state index contributed by atoms with van der Waals surface area (Å²) in [5, 5.41) is 0. The molecule has 0 aliphatic rings. The van der Waals surface area contributed by atoms with E-state index in [0.29, 0.717) is 5.69 Å². The summed E-state index contributed by atoms with van der Waals surface area (Å²) in [5.74, 6) is 0. The topological polar surface area (TPSA) is 52.0 Å². The van der Waals surface area contributed by atoms with Gasteiger partial charge in [0.1, 0.15) is 0 Å². The van der Waals surface area contributed by atoms with Crippen LogP contribution in [-0.4, -0.2) is 17.4 Å². The second kappa shape index (κ2) is 5.18. The predicted octanol–water partition coefficient (Wildman–Crippen LogP) is 3.10. The molecular formula is C16H14N2O2S. The van der Waals surface area contributed by atoms with Crippen LogP contribution in [-0.2, 0) is 10.0 Å². The van der Waals surface area contributed by atoms with E-state index >= 15 is 0 Å². The van der Waals surface area contributed by atoms with Crippen molar-refractivity contribution in [3.8, 4) is 11.3 Å². The number of hydrogen-bond donors (Lipinski definition) is 0. The number of pyridine rings is 1. The van der Waals surface area contributed by atoms with Crippen molar-refractivity contribution in [3.63, 3.8) is 0 Å². The van der Waals surface area contributed by atoms with Gasteiger partial charge in [0.2, 0.25) is 0 Å². The van der Waals surface area contributed by atoms with Gasteiger partial charge in [-0.2, -0.15) is 0 Å². The Morgan fingerprint density at radius 2 is 1.62 bits per heavy atom. The molecule has 0 N–H and O–H groups in total. The number of nitrogens with zero attached hydrogens (tertiary/aromatic N) is 2. The first kappa shape index (κ1) is 13.6. The van der Waals surface area contributed by atoms with E-state index in [-0.39, 0.29) is 4.90 Å². The monoisotopic (exact) mass is 298 g/mol. The van der Waals surface area contributed by atoms with Crippen molar-refractivity contribution >= 4 is 10.0 Å². The Hall–Kier alpha value is -2.40. The molecule has 0 saturated carbocycles. The van der Waals surface area contributed by atoms with Gasteiger partial charge in [-0.05, 0) is 43.3 Å². The molecule has 0 bridgehead atoms. The maximum Gasteiger partial charge on any atom is 0.268 e. The second-order valence-corrected chi connectivity index (χ2v) is 6.56. The zero-order valence-corrected chi connectivity index (χ0v) is 12.3. The lowest BCUT2D eigenvalue weighted by Gasteiger charge is -2.10. The highest BCUT2D eigenvalue weighted by atomic mass is 32.2. The first-order valence-corrected chi connectivity index (χ1v) is 7.93. The molecule has 3 rings (SSSR count). The van der Waals surface area contributed by atoms with Crippen LogP contribution in [0.3, 0.4) is 0 Å². The van der Waals surface area contributed by atoms with Crippen LogP contribution in [0.15, 0.2) is 72.0 Å². The Kier molecular flexibility index (Phi) is 3.35. The number of aryl methyl sites for hydroxylation is 1. The summed E-state index contributed by atoms with van der Waals surface area (Å²) >= 11 is 0. The SMILES string of the molecule is Cc1ccc(S(=O)(=O)n2cccc2-c2ccncc2)cc1. The summed E-state index contributed by atoms with van der Waals surface area (Å²) in [5.41, 5.74) is 2.46. The highest BCUT2D eigenvalue weighted by molar-refractivity contribution is 7.90. The third kappa shape index (κ3) is 2.48. The van der Waals surface area contributed by atoms with Crippen LogP contribution in [0, 0.1) is 6.92 Å². The quantitative estimate of drug-likeness (QED) is 0.746. The van der Waals surface area contributed by atoms with Gasteiger partial charge in [0.25, 0.3) is 10.0 Å². The Balaban J connectivity index is 2.13. The zero-order chi connectivity index (χ0) is 14.9. The molecule has 4 nitrogen and oxygen atoms in total. The summed E-state index contributed by atoms with van der Waals surface area (Å²) in [6.45, 7) is 1.93. The lowest BCUT2D eigenvalue weighted by atomic mass is 10.2. The highest BCUT2D eigenvalue weighted by Crippen LogP contribution is 2.24. The van der Waals surface area contributed by atoms with Crippen molar-refractivity contribution in [3.05, 3.63) is 72.7 Å². The van der Waals surface area contributed by atoms with Gasteiger partial charge in [0.15, 0.2) is 0 Å². The van der Waals surface area contributed by atoms with Crippen LogP contribution in [0.2, 0.25) is 0 Å². The van der Waals surface area contributed by atoms with Crippen molar-refractivity contribution in [2.24, 2.45) is 0 Å². The second-order valence-electron chi connectivity index (χ2n) is 4.74. The third-order valence-corrected chi connectivity index (χ3v) is 4.97. The maximum absolute atomic E-state index is 12.7. The standard InChI is InChI=1S/C16H14N2O2S/c1-13-4-6-15(7-5-13)21(19,20)18-12-2-3-16(18)14-8-10-17-11-9-14/h2-12H,1H3. The number of aromatic nitrogens is 2. The van der Waals surface area contributed by atoms with Gasteiger partial charge in [-0.25, -0.2) is 12.4 Å². The van der Waals surface area contributed by atoms with Gasteiger partial charge >= 0.3 is 0 Å². The van der Waals surface area contributed by atoms with Gasteiger partial charge in [-0.3, -0.25) is 4.98 Å². The van der Waals surface area contributed by atoms with Crippen molar-refractivity contribution in [2.45, 2.75) is 11.8 Å². The molecule has 0 fully saturated rings. The van der Waals surface area contributed by atoms with Crippen molar-refractivity contribution in [1.82, 2.24) is 8.96 Å². The Labute approximate surface area is 123 Å². The van der Waals surface area contributed by atoms with Crippen LogP contribution in [0.25, 0.3) is 11.3 Å². The van der Waals surface area contributed by atoms with E-state index < -0.39 is 10.0 Å². The minimum atomic E-state index is -3.59. The lowest BCUT2D eigenvalue weighted by molar-refractivity contribution is 0.588. The molecule has 0 aliphatic heterocycles. The molecule has 21 heavy (non-hydrogen) atoms. The summed E-state index contributed by atoms with van der Waals surface area (Å²) in [7, 11) is -3.59. The fourth-order valence-electron chi connectivity index (χ4n) is 2.15. The minimum absolute atomic E-state index is 0.277. The van der Waals surface area contributed by atoms with Gasteiger partial charge in [0.05, 0.1) is 10.6 Å². The van der Waals surface area contributed by atoms with Crippen LogP contribution in [0.1, 0.15) is 5.56 Å². The van der Waals surface area contributed by atoms with E-state index in [1.165, 1.54) is 3.97 Å². The molecule has 3 aromatic rings. The van der Waals surface area contributed by atoms with E-state index in [0.717, 1.165) is 11.1 Å². The lowest BCUT2D eigenvalue weighted by Crippen LogP contribution is -2.13. The average molecular weight is 298 g/mol. The van der Waals surface area contributed by atoms with Crippen LogP contribution >= 0.6 is 0 Å². The fraction of sp³-hybridized carbons (Fsp3) is 0.0625. The van der Waals surface area contributed by atoms with Crippen molar-refractivity contribution in [1.29, 1.82) is 0 Å². The molecule has 106 valence electrons. The molecule has 0 aliphatic carbocycles. The molecule has 0 atom stereocenters. The van der Waals surface area contributed by atoms with Gasteiger partial charge in [-0.1, -0.05) is 17.7 Å². The van der Waals surface area contributed by atoms with Gasteiger partial charge in [-0.15, -0.1) is 0 Å². The molecule has 2 aromatic heterocycles. The first-order chi connectivity index (χ1) is 10.1. The Bertz CT molecular complexity index is 851. The minimum Gasteiger partial charge on any atom is -0.265 e. The molecule has 5 heteroatoms. The van der Waals surface area contributed by atoms with Crippen molar-refractivity contribution < 1.29 is 8.42 Å². The molecule has 0 amide bonds. The van der Waals surface area contributed by atoms with Gasteiger partial charge < -0.3 is 0 Å². The summed E-state index contributed by atoms with van der Waals surface area (Å²) in [6, 6.07) is 13.9. The van der Waals surface area contributed by atoms with Crippen LogP contribution in [0.5, 0.6) is 0 Å². The van der Waals surface area contributed by atoms with E-state index in [1.54, 1.807) is 67.1 Å². The van der Waals surface area contributed by atoms with Gasteiger partial charge in [0, 0.05) is 24.2 Å². The van der Waals surface area contributed by atoms with Crippen LogP contribution in [0.4, 0.5) is 0 Å². The Morgan fingerprint density at radius 1 is 0.952 bits per heavy atom. The molecule has 2 heterocycles. The normalized spacial score (nSPS) is 11.5. The molecule has 0 radical (unpaired) electrons. The maximum atomic E-state index is 12.7. The molecule has 0 saturated heterocycles. The zero-order valence-electron chi connectivity index (χ0n) is 11.5. The molecule has 0 unspecified atom stereocenters. The van der Waals surface area contributed by atoms with E-state index in [1.807, 2.05) is 6.92 Å². The summed E-state index contributed by atoms with van der Waals surface area (Å²) in [4.78, 5) is 4.23.